The van der Waals surface area contributed by atoms with E-state index < -0.39 is 4.74 Å². The van der Waals surface area contributed by atoms with Crippen molar-refractivity contribution in [2.45, 2.75) is 0 Å². The summed E-state index contributed by atoms with van der Waals surface area (Å²) in [5.74, 6) is 0. The lowest BCUT2D eigenvalue weighted by Crippen LogP contribution is -2.05. The molecule has 10 aromatic rings. The number of para-hydroxylation sites is 4. The fourth-order valence-corrected chi connectivity index (χ4v) is 8.88. The first-order valence-electron chi connectivity index (χ1n) is 17.3. The number of hydrogen-bond acceptors (Lipinski definition) is 4. The van der Waals surface area contributed by atoms with Gasteiger partial charge in [-0.25, -0.2) is 0 Å². The van der Waals surface area contributed by atoms with Crippen molar-refractivity contribution < 1.29 is 0 Å². The van der Waals surface area contributed by atoms with Gasteiger partial charge >= 0.3 is 0 Å². The molecule has 0 saturated carbocycles. The fourth-order valence-electron chi connectivity index (χ4n) is 7.93. The largest absolute Gasteiger partial charge is 0.309 e. The Morgan fingerprint density at radius 2 is 0.868 bits per heavy atom. The number of nitriles is 2. The van der Waals surface area contributed by atoms with Gasteiger partial charge in [0.25, 0.3) is 4.74 Å². The van der Waals surface area contributed by atoms with Gasteiger partial charge < -0.3 is 9.13 Å². The number of rotatable bonds is 4. The monoisotopic (exact) mass is 694 g/mol. The van der Waals surface area contributed by atoms with E-state index in [0.29, 0.717) is 10.1 Å². The van der Waals surface area contributed by atoms with Crippen LogP contribution in [0.1, 0.15) is 11.1 Å². The summed E-state index contributed by atoms with van der Waals surface area (Å²) in [5.41, 5.74) is 10.1. The van der Waals surface area contributed by atoms with Gasteiger partial charge in [-0.3, -0.25) is 4.79 Å². The van der Waals surface area contributed by atoms with Crippen molar-refractivity contribution in [3.8, 4) is 45.8 Å². The first-order chi connectivity index (χ1) is 26.1. The first kappa shape index (κ1) is 30.6. The van der Waals surface area contributed by atoms with Gasteiger partial charge in [0.2, 0.25) is 0 Å². The SMILES string of the molecule is N#Cc1c(C#N)c2c(-c3ccc(-n4c5ccccc5c5ccccc54)cc3)cc(-c3ccc(-n4c5ccccc5c5ccccc54)cc3)cc2sc1=O. The molecule has 0 radical (unpaired) electrons. The van der Waals surface area contributed by atoms with Crippen LogP contribution in [0.3, 0.4) is 0 Å². The van der Waals surface area contributed by atoms with Crippen LogP contribution in [0, 0.1) is 22.7 Å². The van der Waals surface area contributed by atoms with E-state index in [2.05, 4.69) is 167 Å². The molecule has 10 rings (SSSR count). The molecular weight excluding hydrogens is 669 g/mol. The predicted molar refractivity (Wildman–Crippen MR) is 217 cm³/mol. The molecule has 246 valence electrons. The van der Waals surface area contributed by atoms with Crippen LogP contribution in [0.4, 0.5) is 0 Å². The standard InChI is InChI=1S/C47H26N4OS/c48-27-39-40(28-49)47(52)53-45-26-31(29-17-21-32(22-18-29)50-41-13-5-1-9-34(41)35-10-2-6-14-42(35)50)25-38(46(39)45)30-19-23-33(24-20-30)51-43-15-7-3-11-36(43)37-12-4-8-16-44(37)51/h1-26H. The van der Waals surface area contributed by atoms with Gasteiger partial charge in [-0.05, 0) is 82.9 Å². The van der Waals surface area contributed by atoms with Crippen LogP contribution in [0.5, 0.6) is 0 Å². The Labute approximate surface area is 307 Å². The summed E-state index contributed by atoms with van der Waals surface area (Å²) in [6, 6.07) is 58.7. The highest BCUT2D eigenvalue weighted by atomic mass is 32.1. The van der Waals surface area contributed by atoms with Crippen molar-refractivity contribution in [3.05, 3.63) is 178 Å². The number of aromatic nitrogens is 2. The van der Waals surface area contributed by atoms with Gasteiger partial charge in [-0.1, -0.05) is 108 Å². The van der Waals surface area contributed by atoms with Crippen LogP contribution in [-0.4, -0.2) is 9.13 Å². The third kappa shape index (κ3) is 4.64. The second kappa shape index (κ2) is 11.9. The van der Waals surface area contributed by atoms with Crippen LogP contribution in [0.2, 0.25) is 0 Å². The van der Waals surface area contributed by atoms with E-state index in [1.54, 1.807) is 0 Å². The number of benzene rings is 7. The van der Waals surface area contributed by atoms with Gasteiger partial charge in [-0.2, -0.15) is 10.5 Å². The summed E-state index contributed by atoms with van der Waals surface area (Å²) in [5, 5.41) is 25.7. The van der Waals surface area contributed by atoms with E-state index in [9.17, 15) is 15.3 Å². The van der Waals surface area contributed by atoms with E-state index in [0.717, 1.165) is 67.0 Å². The Morgan fingerprint density at radius 1 is 0.453 bits per heavy atom. The number of nitrogens with zero attached hydrogens (tertiary/aromatic N) is 4. The number of fused-ring (bicyclic) bond motifs is 7. The van der Waals surface area contributed by atoms with Crippen molar-refractivity contribution in [3.63, 3.8) is 0 Å². The summed E-state index contributed by atoms with van der Waals surface area (Å²) in [6.45, 7) is 0. The Balaban J connectivity index is 1.14. The Morgan fingerprint density at radius 3 is 1.30 bits per heavy atom. The average molecular weight is 695 g/mol. The molecule has 0 atom stereocenters. The smallest absolute Gasteiger partial charge is 0.252 e. The zero-order chi connectivity index (χ0) is 35.6. The zero-order valence-electron chi connectivity index (χ0n) is 28.1. The third-order valence-electron chi connectivity index (χ3n) is 10.3. The second-order valence-corrected chi connectivity index (χ2v) is 14.1. The van der Waals surface area contributed by atoms with Crippen LogP contribution < -0.4 is 4.74 Å². The van der Waals surface area contributed by atoms with Crippen LogP contribution in [0.15, 0.2) is 163 Å². The zero-order valence-corrected chi connectivity index (χ0v) is 28.9. The maximum absolute atomic E-state index is 13.2. The fraction of sp³-hybridized carbons (Fsp3) is 0. The summed E-state index contributed by atoms with van der Waals surface area (Å²) in [4.78, 5) is 13.2. The van der Waals surface area contributed by atoms with Crippen molar-refractivity contribution in [1.82, 2.24) is 9.13 Å². The lowest BCUT2D eigenvalue weighted by atomic mass is 9.93. The molecule has 7 aromatic carbocycles. The predicted octanol–water partition coefficient (Wildman–Crippen LogP) is 11.5. The normalized spacial score (nSPS) is 11.4. The van der Waals surface area contributed by atoms with Crippen LogP contribution >= 0.6 is 11.3 Å². The minimum absolute atomic E-state index is 0.112. The highest BCUT2D eigenvalue weighted by Crippen LogP contribution is 2.40. The molecule has 0 spiro atoms. The Hall–Kier alpha value is -7.25. The molecule has 5 nitrogen and oxygen atoms in total. The molecule has 0 aliphatic heterocycles. The molecular formula is C47H26N4OS. The van der Waals surface area contributed by atoms with Gasteiger partial charge in [0.1, 0.15) is 17.7 Å². The summed E-state index contributed by atoms with van der Waals surface area (Å²) < 4.78 is 4.80. The highest BCUT2D eigenvalue weighted by Gasteiger charge is 2.20. The Bertz CT molecular complexity index is 3150. The topological polar surface area (TPSA) is 74.5 Å². The molecule has 0 fully saturated rings. The van der Waals surface area contributed by atoms with Crippen molar-refractivity contribution in [2.24, 2.45) is 0 Å². The van der Waals surface area contributed by atoms with Crippen LogP contribution in [0.25, 0.3) is 87.3 Å². The van der Waals surface area contributed by atoms with Gasteiger partial charge in [0.05, 0.1) is 27.6 Å². The minimum Gasteiger partial charge on any atom is -0.309 e. The van der Waals surface area contributed by atoms with E-state index in [-0.39, 0.29) is 11.1 Å². The van der Waals surface area contributed by atoms with E-state index in [1.165, 1.54) is 21.5 Å². The molecule has 0 amide bonds. The summed E-state index contributed by atoms with van der Waals surface area (Å²) in [7, 11) is 0. The quantitative estimate of drug-likeness (QED) is 0.184. The van der Waals surface area contributed by atoms with Crippen LogP contribution in [-0.2, 0) is 0 Å². The molecule has 0 unspecified atom stereocenters. The van der Waals surface area contributed by atoms with Gasteiger partial charge in [-0.15, -0.1) is 0 Å². The molecule has 0 saturated heterocycles. The molecule has 3 heterocycles. The molecule has 0 bridgehead atoms. The second-order valence-electron chi connectivity index (χ2n) is 13.1. The summed E-state index contributed by atoms with van der Waals surface area (Å²) >= 11 is 1.01. The maximum atomic E-state index is 13.2. The molecule has 53 heavy (non-hydrogen) atoms. The van der Waals surface area contributed by atoms with E-state index in [1.807, 2.05) is 12.1 Å². The molecule has 0 N–H and O–H groups in total. The molecule has 0 aliphatic carbocycles. The van der Waals surface area contributed by atoms with Gasteiger partial charge in [0, 0.05) is 43.0 Å². The maximum Gasteiger partial charge on any atom is 0.252 e. The molecule has 0 aliphatic rings. The lowest BCUT2D eigenvalue weighted by Gasteiger charge is -2.14. The van der Waals surface area contributed by atoms with E-state index >= 15 is 0 Å². The summed E-state index contributed by atoms with van der Waals surface area (Å²) in [6.07, 6.45) is 0. The van der Waals surface area contributed by atoms with Crippen molar-refractivity contribution in [1.29, 1.82) is 10.5 Å². The first-order valence-corrected chi connectivity index (χ1v) is 18.1. The average Bonchev–Trinajstić information content (AvgIpc) is 3.73. The van der Waals surface area contributed by atoms with Crippen molar-refractivity contribution in [2.75, 3.05) is 0 Å². The van der Waals surface area contributed by atoms with E-state index in [4.69, 9.17) is 0 Å². The highest BCUT2D eigenvalue weighted by molar-refractivity contribution is 7.16. The number of hydrogen-bond donors (Lipinski definition) is 0. The van der Waals surface area contributed by atoms with Crippen molar-refractivity contribution >= 4 is 65.0 Å². The molecule has 3 aromatic heterocycles. The lowest BCUT2D eigenvalue weighted by molar-refractivity contribution is 1.18. The minimum atomic E-state index is -0.414. The Kier molecular flexibility index (Phi) is 6.88. The molecule has 6 heteroatoms. The van der Waals surface area contributed by atoms with Gasteiger partial charge in [0.15, 0.2) is 0 Å². The third-order valence-corrected chi connectivity index (χ3v) is 11.2.